The molecule has 108 valence electrons. The van der Waals surface area contributed by atoms with E-state index in [0.717, 1.165) is 0 Å². The Morgan fingerprint density at radius 2 is 2.00 bits per heavy atom. The summed E-state index contributed by atoms with van der Waals surface area (Å²) >= 11 is 0. The normalized spacial score (nSPS) is 9.26. The molecule has 0 heterocycles. The van der Waals surface area contributed by atoms with Crippen LogP contribution in [-0.2, 0) is 9.47 Å². The Morgan fingerprint density at radius 1 is 1.32 bits per heavy atom. The lowest BCUT2D eigenvalue weighted by atomic mass is 10.2. The molecule has 0 aliphatic carbocycles. The SMILES string of the molecule is CCOC(=O)c1ccc(OC)c(O)c1.COCCO. The number of aliphatic hydroxyl groups excluding tert-OH is 1. The van der Waals surface area contributed by atoms with Gasteiger partial charge in [-0.2, -0.15) is 0 Å². The number of rotatable bonds is 5. The first kappa shape index (κ1) is 17.2. The fourth-order valence-corrected chi connectivity index (χ4v) is 1.12. The summed E-state index contributed by atoms with van der Waals surface area (Å²) in [6, 6.07) is 4.37. The third-order valence-corrected chi connectivity index (χ3v) is 1.99. The molecule has 6 heteroatoms. The zero-order chi connectivity index (χ0) is 14.7. The lowest BCUT2D eigenvalue weighted by Crippen LogP contribution is -2.04. The molecular weight excluding hydrogens is 252 g/mol. The van der Waals surface area contributed by atoms with Crippen LogP contribution in [0.5, 0.6) is 11.5 Å². The van der Waals surface area contributed by atoms with Crippen molar-refractivity contribution in [3.05, 3.63) is 23.8 Å². The maximum atomic E-state index is 11.2. The van der Waals surface area contributed by atoms with E-state index in [1.807, 2.05) is 0 Å². The van der Waals surface area contributed by atoms with Crippen LogP contribution in [0.4, 0.5) is 0 Å². The molecule has 6 nitrogen and oxygen atoms in total. The van der Waals surface area contributed by atoms with E-state index in [1.54, 1.807) is 14.0 Å². The van der Waals surface area contributed by atoms with Crippen LogP contribution in [0.3, 0.4) is 0 Å². The number of carbonyl (C=O) groups is 1. The lowest BCUT2D eigenvalue weighted by Gasteiger charge is -2.05. The van der Waals surface area contributed by atoms with E-state index in [1.165, 1.54) is 25.3 Å². The summed E-state index contributed by atoms with van der Waals surface area (Å²) in [7, 11) is 3.00. The molecular formula is C13H20O6. The van der Waals surface area contributed by atoms with Crippen molar-refractivity contribution < 1.29 is 29.2 Å². The van der Waals surface area contributed by atoms with Crippen LogP contribution in [0.2, 0.25) is 0 Å². The van der Waals surface area contributed by atoms with Crippen LogP contribution in [0.25, 0.3) is 0 Å². The summed E-state index contributed by atoms with van der Waals surface area (Å²) in [5.41, 5.74) is 0.310. The molecule has 0 aliphatic rings. The van der Waals surface area contributed by atoms with Crippen LogP contribution >= 0.6 is 0 Å². The van der Waals surface area contributed by atoms with Gasteiger partial charge >= 0.3 is 5.97 Å². The second-order valence-electron chi connectivity index (χ2n) is 3.32. The number of carbonyl (C=O) groups excluding carboxylic acids is 1. The van der Waals surface area contributed by atoms with Crippen LogP contribution in [0.1, 0.15) is 17.3 Å². The lowest BCUT2D eigenvalue weighted by molar-refractivity contribution is 0.0526. The number of phenolic OH excluding ortho intramolecular Hbond substituents is 1. The molecule has 0 fully saturated rings. The molecule has 0 amide bonds. The van der Waals surface area contributed by atoms with E-state index in [4.69, 9.17) is 14.6 Å². The first-order valence-corrected chi connectivity index (χ1v) is 5.74. The second-order valence-corrected chi connectivity index (χ2v) is 3.32. The van der Waals surface area contributed by atoms with Gasteiger partial charge in [0.2, 0.25) is 0 Å². The molecule has 1 aromatic carbocycles. The van der Waals surface area contributed by atoms with E-state index in [2.05, 4.69) is 4.74 Å². The number of esters is 1. The minimum Gasteiger partial charge on any atom is -0.504 e. The first-order chi connectivity index (χ1) is 9.10. The summed E-state index contributed by atoms with van der Waals surface area (Å²) < 4.78 is 14.0. The largest absolute Gasteiger partial charge is 0.504 e. The number of phenols is 1. The Hall–Kier alpha value is -1.79. The van der Waals surface area contributed by atoms with Crippen LogP contribution in [-0.4, -0.2) is 50.2 Å². The number of ether oxygens (including phenoxy) is 3. The first-order valence-electron chi connectivity index (χ1n) is 5.74. The highest BCUT2D eigenvalue weighted by Crippen LogP contribution is 2.26. The molecule has 0 saturated heterocycles. The van der Waals surface area contributed by atoms with E-state index in [0.29, 0.717) is 24.5 Å². The van der Waals surface area contributed by atoms with Gasteiger partial charge in [-0.15, -0.1) is 0 Å². The molecule has 0 radical (unpaired) electrons. The zero-order valence-corrected chi connectivity index (χ0v) is 11.4. The van der Waals surface area contributed by atoms with Gasteiger partial charge < -0.3 is 24.4 Å². The number of aromatic hydroxyl groups is 1. The van der Waals surface area contributed by atoms with Crippen molar-refractivity contribution >= 4 is 5.97 Å². The molecule has 1 aromatic rings. The number of aliphatic hydroxyl groups is 1. The predicted octanol–water partition coefficient (Wildman–Crippen LogP) is 1.20. The van der Waals surface area contributed by atoms with E-state index in [-0.39, 0.29) is 12.4 Å². The molecule has 0 saturated carbocycles. The fraction of sp³-hybridized carbons (Fsp3) is 0.462. The van der Waals surface area contributed by atoms with Gasteiger partial charge in [0.05, 0.1) is 32.5 Å². The van der Waals surface area contributed by atoms with Gasteiger partial charge in [-0.1, -0.05) is 0 Å². The monoisotopic (exact) mass is 272 g/mol. The fourth-order valence-electron chi connectivity index (χ4n) is 1.12. The molecule has 19 heavy (non-hydrogen) atoms. The van der Waals surface area contributed by atoms with Crippen LogP contribution in [0.15, 0.2) is 18.2 Å². The summed E-state index contributed by atoms with van der Waals surface area (Å²) in [5.74, 6) is -0.193. The summed E-state index contributed by atoms with van der Waals surface area (Å²) in [5, 5.41) is 17.3. The van der Waals surface area contributed by atoms with Crippen molar-refractivity contribution in [3.63, 3.8) is 0 Å². The summed E-state index contributed by atoms with van der Waals surface area (Å²) in [6.07, 6.45) is 0. The van der Waals surface area contributed by atoms with Crippen molar-refractivity contribution in [2.75, 3.05) is 34.0 Å². The van der Waals surface area contributed by atoms with E-state index >= 15 is 0 Å². The Morgan fingerprint density at radius 3 is 2.37 bits per heavy atom. The topological polar surface area (TPSA) is 85.2 Å². The number of benzene rings is 1. The minimum atomic E-state index is -0.453. The van der Waals surface area contributed by atoms with Gasteiger partial charge in [-0.05, 0) is 25.1 Å². The van der Waals surface area contributed by atoms with Crippen LogP contribution < -0.4 is 4.74 Å². The van der Waals surface area contributed by atoms with Crippen molar-refractivity contribution in [1.82, 2.24) is 0 Å². The van der Waals surface area contributed by atoms with Gasteiger partial charge in [0.1, 0.15) is 0 Å². The second kappa shape index (κ2) is 10.2. The highest BCUT2D eigenvalue weighted by Gasteiger charge is 2.09. The van der Waals surface area contributed by atoms with Crippen LogP contribution in [0, 0.1) is 0 Å². The molecule has 0 aromatic heterocycles. The summed E-state index contributed by atoms with van der Waals surface area (Å²) in [6.45, 7) is 2.60. The van der Waals surface area contributed by atoms with Gasteiger partial charge in [-0.3, -0.25) is 0 Å². The third-order valence-electron chi connectivity index (χ3n) is 1.99. The standard InChI is InChI=1S/C10H12O4.C3H8O2/c1-3-14-10(12)7-4-5-9(13-2)8(11)6-7;1-5-3-2-4/h4-6,11H,3H2,1-2H3;4H,2-3H2,1H3. The minimum absolute atomic E-state index is 0.0712. The average molecular weight is 272 g/mol. The molecule has 0 spiro atoms. The Balaban J connectivity index is 0.000000555. The van der Waals surface area contributed by atoms with E-state index < -0.39 is 5.97 Å². The van der Waals surface area contributed by atoms with Crippen molar-refractivity contribution in [3.8, 4) is 11.5 Å². The third kappa shape index (κ3) is 6.64. The Bertz CT molecular complexity index is 375. The molecule has 1 rings (SSSR count). The van der Waals surface area contributed by atoms with Gasteiger partial charge in [0, 0.05) is 7.11 Å². The molecule has 0 bridgehead atoms. The maximum Gasteiger partial charge on any atom is 0.338 e. The number of hydrogen-bond donors (Lipinski definition) is 2. The molecule has 0 aliphatic heterocycles. The summed E-state index contributed by atoms with van der Waals surface area (Å²) in [4.78, 5) is 11.2. The Kier molecular flexibility index (Phi) is 9.20. The molecule has 2 N–H and O–H groups in total. The highest BCUT2D eigenvalue weighted by molar-refractivity contribution is 5.90. The highest BCUT2D eigenvalue weighted by atomic mass is 16.5. The number of hydrogen-bond acceptors (Lipinski definition) is 6. The maximum absolute atomic E-state index is 11.2. The van der Waals surface area contributed by atoms with Gasteiger partial charge in [0.15, 0.2) is 11.5 Å². The van der Waals surface area contributed by atoms with Gasteiger partial charge in [-0.25, -0.2) is 4.79 Å². The van der Waals surface area contributed by atoms with Crippen molar-refractivity contribution in [2.45, 2.75) is 6.92 Å². The Labute approximate surface area is 112 Å². The number of methoxy groups -OCH3 is 2. The molecule has 0 unspecified atom stereocenters. The van der Waals surface area contributed by atoms with Gasteiger partial charge in [0.25, 0.3) is 0 Å². The molecule has 0 atom stereocenters. The zero-order valence-electron chi connectivity index (χ0n) is 11.4. The average Bonchev–Trinajstić information content (AvgIpc) is 2.40. The smallest absolute Gasteiger partial charge is 0.338 e. The predicted molar refractivity (Wildman–Crippen MR) is 69.6 cm³/mol. The van der Waals surface area contributed by atoms with Crippen molar-refractivity contribution in [2.24, 2.45) is 0 Å². The quantitative estimate of drug-likeness (QED) is 0.783. The van der Waals surface area contributed by atoms with E-state index in [9.17, 15) is 9.90 Å². The van der Waals surface area contributed by atoms with Crippen molar-refractivity contribution in [1.29, 1.82) is 0 Å².